The average Bonchev–Trinajstić information content (AvgIpc) is 2.89. The van der Waals surface area contributed by atoms with Crippen molar-refractivity contribution in [3.05, 3.63) is 41.5 Å². The van der Waals surface area contributed by atoms with Crippen LogP contribution in [-0.4, -0.2) is 17.0 Å². The topological polar surface area (TPSA) is 66.4 Å². The Balaban J connectivity index is 1.92. The largest absolute Gasteiger partial charge is 0.478 e. The van der Waals surface area contributed by atoms with E-state index < -0.39 is 5.97 Å². The molecule has 0 aliphatic heterocycles. The Morgan fingerprint density at radius 2 is 2.19 bits per heavy atom. The minimum absolute atomic E-state index is 0.131. The van der Waals surface area contributed by atoms with Crippen LogP contribution in [0.5, 0.6) is 0 Å². The van der Waals surface area contributed by atoms with Gasteiger partial charge in [-0.3, -0.25) is 4.79 Å². The minimum atomic E-state index is -0.969. The van der Waals surface area contributed by atoms with Crippen molar-refractivity contribution in [3.8, 4) is 0 Å². The Hall–Kier alpha value is -2.10. The normalized spacial score (nSPS) is 21.6. The lowest BCUT2D eigenvalue weighted by molar-refractivity contribution is -0.131. The monoisotopic (exact) mass is 287 g/mol. The van der Waals surface area contributed by atoms with E-state index >= 15 is 0 Å². The summed E-state index contributed by atoms with van der Waals surface area (Å²) < 4.78 is 0. The Bertz CT molecular complexity index is 551. The Morgan fingerprint density at radius 1 is 1.38 bits per heavy atom. The third-order valence-electron chi connectivity index (χ3n) is 4.03. The molecule has 0 bridgehead atoms. The van der Waals surface area contributed by atoms with E-state index in [0.29, 0.717) is 12.5 Å². The molecule has 1 amide bonds. The third kappa shape index (κ3) is 4.45. The second kappa shape index (κ2) is 7.07. The van der Waals surface area contributed by atoms with Gasteiger partial charge in [0.15, 0.2) is 0 Å². The second-order valence-electron chi connectivity index (χ2n) is 5.65. The number of amides is 1. The molecule has 1 fully saturated rings. The number of hydrogen-bond donors (Lipinski definition) is 2. The first kappa shape index (κ1) is 15.3. The van der Waals surface area contributed by atoms with Gasteiger partial charge in [0.2, 0.25) is 5.91 Å². The Labute approximate surface area is 124 Å². The van der Waals surface area contributed by atoms with Crippen LogP contribution in [0.3, 0.4) is 0 Å². The van der Waals surface area contributed by atoms with Crippen molar-refractivity contribution in [1.82, 2.24) is 5.32 Å². The number of benzene rings is 1. The lowest BCUT2D eigenvalue weighted by Crippen LogP contribution is -2.31. The van der Waals surface area contributed by atoms with E-state index in [1.807, 2.05) is 24.3 Å². The lowest BCUT2D eigenvalue weighted by atomic mass is 9.97. The Morgan fingerprint density at radius 3 is 2.86 bits per heavy atom. The molecule has 0 aromatic heterocycles. The number of carbonyl (C=O) groups is 2. The molecule has 112 valence electrons. The summed E-state index contributed by atoms with van der Waals surface area (Å²) in [5.41, 5.74) is 1.79. The molecule has 2 unspecified atom stereocenters. The molecule has 2 N–H and O–H groups in total. The SMILES string of the molecule is CC1CCCC1C(=O)NCc1cccc(/C=C/C(=O)O)c1. The molecule has 1 aliphatic rings. The van der Waals surface area contributed by atoms with Crippen LogP contribution in [0.25, 0.3) is 6.08 Å². The molecule has 21 heavy (non-hydrogen) atoms. The van der Waals surface area contributed by atoms with Crippen LogP contribution < -0.4 is 5.32 Å². The quantitative estimate of drug-likeness (QED) is 0.818. The number of carbonyl (C=O) groups excluding carboxylic acids is 1. The van der Waals surface area contributed by atoms with Gasteiger partial charge in [-0.1, -0.05) is 31.5 Å². The molecular formula is C17H21NO3. The van der Waals surface area contributed by atoms with E-state index in [4.69, 9.17) is 5.11 Å². The molecule has 4 nitrogen and oxygen atoms in total. The predicted octanol–water partition coefficient (Wildman–Crippen LogP) is 2.84. The number of nitrogens with one attached hydrogen (secondary N) is 1. The number of rotatable bonds is 5. The highest BCUT2D eigenvalue weighted by Gasteiger charge is 2.29. The molecule has 0 spiro atoms. The van der Waals surface area contributed by atoms with E-state index in [9.17, 15) is 9.59 Å². The van der Waals surface area contributed by atoms with Gasteiger partial charge < -0.3 is 10.4 Å². The van der Waals surface area contributed by atoms with Gasteiger partial charge in [-0.05, 0) is 42.0 Å². The fourth-order valence-electron chi connectivity index (χ4n) is 2.83. The van der Waals surface area contributed by atoms with Crippen LogP contribution >= 0.6 is 0 Å². The van der Waals surface area contributed by atoms with Gasteiger partial charge in [0.05, 0.1) is 0 Å². The first-order chi connectivity index (χ1) is 10.1. The first-order valence-electron chi connectivity index (χ1n) is 7.34. The number of hydrogen-bond acceptors (Lipinski definition) is 2. The first-order valence-corrected chi connectivity index (χ1v) is 7.34. The van der Waals surface area contributed by atoms with Crippen LogP contribution in [0, 0.1) is 11.8 Å². The predicted molar refractivity (Wildman–Crippen MR) is 81.5 cm³/mol. The van der Waals surface area contributed by atoms with Gasteiger partial charge in [0.1, 0.15) is 0 Å². The fourth-order valence-corrected chi connectivity index (χ4v) is 2.83. The van der Waals surface area contributed by atoms with Crippen LogP contribution in [0.2, 0.25) is 0 Å². The zero-order valence-electron chi connectivity index (χ0n) is 12.2. The van der Waals surface area contributed by atoms with E-state index in [2.05, 4.69) is 12.2 Å². The maximum absolute atomic E-state index is 12.1. The number of aliphatic carboxylic acids is 1. The maximum atomic E-state index is 12.1. The van der Waals surface area contributed by atoms with E-state index in [-0.39, 0.29) is 11.8 Å². The fraction of sp³-hybridized carbons (Fsp3) is 0.412. The van der Waals surface area contributed by atoms with Crippen LogP contribution in [0.15, 0.2) is 30.3 Å². The maximum Gasteiger partial charge on any atom is 0.328 e. The number of carboxylic acid groups (broad SMARTS) is 1. The molecule has 1 aromatic carbocycles. The van der Waals surface area contributed by atoms with E-state index in [1.165, 1.54) is 0 Å². The molecule has 1 aromatic rings. The summed E-state index contributed by atoms with van der Waals surface area (Å²) in [6.07, 6.45) is 5.90. The second-order valence-corrected chi connectivity index (χ2v) is 5.65. The van der Waals surface area contributed by atoms with Gasteiger partial charge in [-0.2, -0.15) is 0 Å². The summed E-state index contributed by atoms with van der Waals surface area (Å²) >= 11 is 0. The summed E-state index contributed by atoms with van der Waals surface area (Å²) in [4.78, 5) is 22.6. The van der Waals surface area contributed by atoms with Crippen molar-refractivity contribution in [3.63, 3.8) is 0 Å². The van der Waals surface area contributed by atoms with Crippen LogP contribution in [0.1, 0.15) is 37.3 Å². The highest BCUT2D eigenvalue weighted by molar-refractivity contribution is 5.85. The van der Waals surface area contributed by atoms with Crippen molar-refractivity contribution >= 4 is 18.0 Å². The van der Waals surface area contributed by atoms with Crippen molar-refractivity contribution < 1.29 is 14.7 Å². The van der Waals surface area contributed by atoms with Gasteiger partial charge >= 0.3 is 5.97 Å². The van der Waals surface area contributed by atoms with Crippen molar-refractivity contribution in [2.45, 2.75) is 32.7 Å². The zero-order valence-corrected chi connectivity index (χ0v) is 12.2. The standard InChI is InChI=1S/C17H21NO3/c1-12-4-2-7-15(12)17(21)18-11-14-6-3-5-13(10-14)8-9-16(19)20/h3,5-6,8-10,12,15H,2,4,7,11H2,1H3,(H,18,21)(H,19,20)/b9-8+. The average molecular weight is 287 g/mol. The van der Waals surface area contributed by atoms with Gasteiger partial charge in [0.25, 0.3) is 0 Å². The van der Waals surface area contributed by atoms with E-state index in [1.54, 1.807) is 6.08 Å². The summed E-state index contributed by atoms with van der Waals surface area (Å²) in [7, 11) is 0. The minimum Gasteiger partial charge on any atom is -0.478 e. The number of carboxylic acids is 1. The molecule has 0 heterocycles. The summed E-state index contributed by atoms with van der Waals surface area (Å²) in [6, 6.07) is 7.51. The molecule has 2 rings (SSSR count). The smallest absolute Gasteiger partial charge is 0.328 e. The van der Waals surface area contributed by atoms with Crippen molar-refractivity contribution in [2.24, 2.45) is 11.8 Å². The van der Waals surface area contributed by atoms with Crippen LogP contribution in [-0.2, 0) is 16.1 Å². The molecular weight excluding hydrogens is 266 g/mol. The highest BCUT2D eigenvalue weighted by Crippen LogP contribution is 2.31. The zero-order chi connectivity index (χ0) is 15.2. The van der Waals surface area contributed by atoms with Gasteiger partial charge in [0, 0.05) is 18.5 Å². The molecule has 0 radical (unpaired) electrons. The van der Waals surface area contributed by atoms with Crippen LogP contribution in [0.4, 0.5) is 0 Å². The lowest BCUT2D eigenvalue weighted by Gasteiger charge is -2.15. The summed E-state index contributed by atoms with van der Waals surface area (Å²) in [6.45, 7) is 2.62. The molecule has 1 aliphatic carbocycles. The molecule has 0 saturated heterocycles. The van der Waals surface area contributed by atoms with Gasteiger partial charge in [-0.25, -0.2) is 4.79 Å². The van der Waals surface area contributed by atoms with Crippen molar-refractivity contribution in [1.29, 1.82) is 0 Å². The highest BCUT2D eigenvalue weighted by atomic mass is 16.4. The third-order valence-corrected chi connectivity index (χ3v) is 4.03. The van der Waals surface area contributed by atoms with Crippen molar-refractivity contribution in [2.75, 3.05) is 0 Å². The Kier molecular flexibility index (Phi) is 5.14. The van der Waals surface area contributed by atoms with E-state index in [0.717, 1.165) is 36.5 Å². The summed E-state index contributed by atoms with van der Waals surface area (Å²) in [5, 5.41) is 11.6. The molecule has 1 saturated carbocycles. The molecule has 2 atom stereocenters. The molecule has 4 heteroatoms. The van der Waals surface area contributed by atoms with Gasteiger partial charge in [-0.15, -0.1) is 0 Å². The summed E-state index contributed by atoms with van der Waals surface area (Å²) in [5.74, 6) is -0.231.